The molecule has 0 saturated heterocycles. The van der Waals surface area contributed by atoms with Crippen LogP contribution in [-0.2, 0) is 4.74 Å². The molecule has 3 heteroatoms. The van der Waals surface area contributed by atoms with Crippen LogP contribution < -0.4 is 10.5 Å². The summed E-state index contributed by atoms with van der Waals surface area (Å²) in [6.07, 6.45) is 1.76. The van der Waals surface area contributed by atoms with Gasteiger partial charge in [0.2, 0.25) is 0 Å². The topological polar surface area (TPSA) is 44.5 Å². The third kappa shape index (κ3) is 5.73. The quantitative estimate of drug-likeness (QED) is 0.687. The number of nitrogens with two attached hydrogens (primary N) is 1. The SMILES string of the molecule is CCOCCC(N)CCOc1ccccc1. The van der Waals surface area contributed by atoms with E-state index in [4.69, 9.17) is 15.2 Å². The Labute approximate surface area is 97.6 Å². The Balaban J connectivity index is 2.06. The van der Waals surface area contributed by atoms with Crippen LogP contribution in [0.5, 0.6) is 5.75 Å². The first kappa shape index (κ1) is 13.0. The molecule has 0 aliphatic rings. The Kier molecular flexibility index (Phi) is 6.61. The molecule has 0 aliphatic heterocycles. The predicted molar refractivity (Wildman–Crippen MR) is 65.6 cm³/mol. The van der Waals surface area contributed by atoms with E-state index in [0.717, 1.165) is 31.8 Å². The lowest BCUT2D eigenvalue weighted by atomic mass is 10.2. The molecule has 3 nitrogen and oxygen atoms in total. The fraction of sp³-hybridized carbons (Fsp3) is 0.538. The largest absolute Gasteiger partial charge is 0.494 e. The van der Waals surface area contributed by atoms with Gasteiger partial charge in [-0.15, -0.1) is 0 Å². The van der Waals surface area contributed by atoms with Gasteiger partial charge in [-0.2, -0.15) is 0 Å². The van der Waals surface area contributed by atoms with Gasteiger partial charge >= 0.3 is 0 Å². The first-order chi connectivity index (χ1) is 7.83. The van der Waals surface area contributed by atoms with Crippen LogP contribution in [0.25, 0.3) is 0 Å². The van der Waals surface area contributed by atoms with Crippen molar-refractivity contribution in [1.29, 1.82) is 0 Å². The van der Waals surface area contributed by atoms with Crippen LogP contribution in [0.15, 0.2) is 30.3 Å². The number of hydrogen-bond donors (Lipinski definition) is 1. The van der Waals surface area contributed by atoms with Crippen molar-refractivity contribution >= 4 is 0 Å². The summed E-state index contributed by atoms with van der Waals surface area (Å²) in [4.78, 5) is 0. The molecule has 16 heavy (non-hydrogen) atoms. The van der Waals surface area contributed by atoms with Crippen LogP contribution >= 0.6 is 0 Å². The lowest BCUT2D eigenvalue weighted by Gasteiger charge is -2.12. The van der Waals surface area contributed by atoms with E-state index in [1.807, 2.05) is 37.3 Å². The standard InChI is InChI=1S/C13H21NO2/c1-2-15-10-8-12(14)9-11-16-13-6-4-3-5-7-13/h3-7,12H,2,8-11,14H2,1H3. The molecule has 1 unspecified atom stereocenters. The van der Waals surface area contributed by atoms with Crippen molar-refractivity contribution in [3.63, 3.8) is 0 Å². The molecule has 1 atom stereocenters. The van der Waals surface area contributed by atoms with E-state index in [-0.39, 0.29) is 6.04 Å². The van der Waals surface area contributed by atoms with E-state index in [0.29, 0.717) is 6.61 Å². The minimum atomic E-state index is 0.162. The molecule has 0 saturated carbocycles. The lowest BCUT2D eigenvalue weighted by Crippen LogP contribution is -2.24. The highest BCUT2D eigenvalue weighted by Crippen LogP contribution is 2.09. The zero-order valence-corrected chi connectivity index (χ0v) is 9.89. The summed E-state index contributed by atoms with van der Waals surface area (Å²) in [5.74, 6) is 0.902. The monoisotopic (exact) mass is 223 g/mol. The summed E-state index contributed by atoms with van der Waals surface area (Å²) < 4.78 is 10.8. The molecule has 0 spiro atoms. The van der Waals surface area contributed by atoms with Crippen LogP contribution in [0.4, 0.5) is 0 Å². The highest BCUT2D eigenvalue weighted by molar-refractivity contribution is 5.20. The highest BCUT2D eigenvalue weighted by Gasteiger charge is 2.02. The minimum absolute atomic E-state index is 0.162. The maximum absolute atomic E-state index is 5.92. The van der Waals surface area contributed by atoms with Gasteiger partial charge in [-0.05, 0) is 31.9 Å². The summed E-state index contributed by atoms with van der Waals surface area (Å²) in [7, 11) is 0. The predicted octanol–water partition coefficient (Wildman–Crippen LogP) is 2.21. The smallest absolute Gasteiger partial charge is 0.119 e. The van der Waals surface area contributed by atoms with Gasteiger partial charge in [-0.25, -0.2) is 0 Å². The second kappa shape index (κ2) is 8.13. The highest BCUT2D eigenvalue weighted by atomic mass is 16.5. The number of ether oxygens (including phenoxy) is 2. The van der Waals surface area contributed by atoms with E-state index in [1.165, 1.54) is 0 Å². The molecule has 0 aromatic heterocycles. The average molecular weight is 223 g/mol. The molecule has 0 fully saturated rings. The Morgan fingerprint density at radius 2 is 1.81 bits per heavy atom. The van der Waals surface area contributed by atoms with Crippen molar-refractivity contribution in [2.45, 2.75) is 25.8 Å². The Bertz CT molecular complexity index is 264. The van der Waals surface area contributed by atoms with Crippen molar-refractivity contribution < 1.29 is 9.47 Å². The van der Waals surface area contributed by atoms with Gasteiger partial charge in [0.15, 0.2) is 0 Å². The molecule has 1 rings (SSSR count). The van der Waals surface area contributed by atoms with E-state index in [1.54, 1.807) is 0 Å². The fourth-order valence-corrected chi connectivity index (χ4v) is 1.37. The van der Waals surface area contributed by atoms with Crippen LogP contribution in [0.2, 0.25) is 0 Å². The first-order valence-electron chi connectivity index (χ1n) is 5.84. The molecule has 1 aromatic rings. The van der Waals surface area contributed by atoms with Gasteiger partial charge in [-0.1, -0.05) is 18.2 Å². The third-order valence-electron chi connectivity index (χ3n) is 2.34. The summed E-state index contributed by atoms with van der Waals surface area (Å²) in [5, 5.41) is 0. The number of para-hydroxylation sites is 1. The molecule has 0 heterocycles. The molecule has 0 amide bonds. The molecular weight excluding hydrogens is 202 g/mol. The number of rotatable bonds is 8. The Morgan fingerprint density at radius 1 is 1.12 bits per heavy atom. The summed E-state index contributed by atoms with van der Waals surface area (Å²) in [5.41, 5.74) is 5.92. The van der Waals surface area contributed by atoms with Gasteiger partial charge in [0.05, 0.1) is 6.61 Å². The zero-order valence-electron chi connectivity index (χ0n) is 9.89. The van der Waals surface area contributed by atoms with E-state index in [2.05, 4.69) is 0 Å². The van der Waals surface area contributed by atoms with Crippen molar-refractivity contribution in [3.8, 4) is 5.75 Å². The lowest BCUT2D eigenvalue weighted by molar-refractivity contribution is 0.137. The van der Waals surface area contributed by atoms with E-state index >= 15 is 0 Å². The number of benzene rings is 1. The van der Waals surface area contributed by atoms with Crippen LogP contribution in [0.1, 0.15) is 19.8 Å². The van der Waals surface area contributed by atoms with Crippen LogP contribution in [0, 0.1) is 0 Å². The van der Waals surface area contributed by atoms with Gasteiger partial charge < -0.3 is 15.2 Å². The minimum Gasteiger partial charge on any atom is -0.494 e. The van der Waals surface area contributed by atoms with Crippen molar-refractivity contribution in [2.75, 3.05) is 19.8 Å². The molecule has 0 aliphatic carbocycles. The van der Waals surface area contributed by atoms with E-state index < -0.39 is 0 Å². The van der Waals surface area contributed by atoms with Crippen molar-refractivity contribution in [3.05, 3.63) is 30.3 Å². The van der Waals surface area contributed by atoms with Gasteiger partial charge in [0.1, 0.15) is 5.75 Å². The van der Waals surface area contributed by atoms with Crippen LogP contribution in [0.3, 0.4) is 0 Å². The average Bonchev–Trinajstić information content (AvgIpc) is 2.31. The number of hydrogen-bond acceptors (Lipinski definition) is 3. The molecule has 1 aromatic carbocycles. The fourth-order valence-electron chi connectivity index (χ4n) is 1.37. The van der Waals surface area contributed by atoms with Gasteiger partial charge in [-0.3, -0.25) is 0 Å². The van der Waals surface area contributed by atoms with Crippen molar-refractivity contribution in [2.24, 2.45) is 5.73 Å². The molecule has 90 valence electrons. The molecule has 0 bridgehead atoms. The summed E-state index contributed by atoms with van der Waals surface area (Å²) >= 11 is 0. The second-order valence-electron chi connectivity index (χ2n) is 3.70. The first-order valence-corrected chi connectivity index (χ1v) is 5.84. The zero-order chi connectivity index (χ0) is 11.6. The van der Waals surface area contributed by atoms with Crippen molar-refractivity contribution in [1.82, 2.24) is 0 Å². The van der Waals surface area contributed by atoms with E-state index in [9.17, 15) is 0 Å². The Morgan fingerprint density at radius 3 is 2.50 bits per heavy atom. The third-order valence-corrected chi connectivity index (χ3v) is 2.34. The van der Waals surface area contributed by atoms with Gasteiger partial charge in [0, 0.05) is 19.3 Å². The maximum Gasteiger partial charge on any atom is 0.119 e. The molecule has 2 N–H and O–H groups in total. The maximum atomic E-state index is 5.92. The normalized spacial score (nSPS) is 12.4. The molecule has 0 radical (unpaired) electrons. The molecular formula is C13H21NO2. The van der Waals surface area contributed by atoms with Gasteiger partial charge in [0.25, 0.3) is 0 Å². The van der Waals surface area contributed by atoms with Crippen LogP contribution in [-0.4, -0.2) is 25.9 Å². The Hall–Kier alpha value is -1.06. The second-order valence-corrected chi connectivity index (χ2v) is 3.70. The summed E-state index contributed by atoms with van der Waals surface area (Å²) in [6.45, 7) is 4.15. The summed E-state index contributed by atoms with van der Waals surface area (Å²) in [6, 6.07) is 9.96.